The van der Waals surface area contributed by atoms with E-state index in [9.17, 15) is 9.18 Å². The molecule has 3 aromatic carbocycles. The number of nitrogens with zero attached hydrogens (tertiary/aromatic N) is 3. The number of anilines is 1. The van der Waals surface area contributed by atoms with E-state index in [1.54, 1.807) is 36.4 Å². The molecular weight excluding hydrogens is 383 g/mol. The van der Waals surface area contributed by atoms with Crippen LogP contribution in [0.4, 0.5) is 10.1 Å². The van der Waals surface area contributed by atoms with Gasteiger partial charge >= 0.3 is 5.76 Å². The number of oxazole rings is 1. The Bertz CT molecular complexity index is 1360. The third-order valence-corrected chi connectivity index (χ3v) is 5.18. The number of rotatable bonds is 3. The van der Waals surface area contributed by atoms with Gasteiger partial charge in [-0.2, -0.15) is 10.4 Å². The van der Waals surface area contributed by atoms with Gasteiger partial charge in [-0.15, -0.1) is 0 Å². The molecule has 1 atom stereocenters. The van der Waals surface area contributed by atoms with Crippen molar-refractivity contribution in [3.05, 3.63) is 99.8 Å². The first-order valence-corrected chi connectivity index (χ1v) is 9.36. The normalized spacial score (nSPS) is 15.9. The number of aromatic nitrogens is 1. The van der Waals surface area contributed by atoms with Gasteiger partial charge in [0.1, 0.15) is 5.82 Å². The van der Waals surface area contributed by atoms with Gasteiger partial charge in [-0.1, -0.05) is 18.2 Å². The van der Waals surface area contributed by atoms with E-state index in [0.717, 1.165) is 22.5 Å². The lowest BCUT2D eigenvalue weighted by Crippen LogP contribution is -2.18. The molecule has 0 bridgehead atoms. The van der Waals surface area contributed by atoms with Crippen LogP contribution in [0.2, 0.25) is 0 Å². The van der Waals surface area contributed by atoms with Crippen molar-refractivity contribution >= 4 is 22.5 Å². The number of hydrogen-bond acceptors (Lipinski definition) is 5. The summed E-state index contributed by atoms with van der Waals surface area (Å²) in [5.41, 5.74) is 5.07. The molecule has 1 N–H and O–H groups in total. The number of hydrazone groups is 1. The maximum Gasteiger partial charge on any atom is 0.417 e. The number of hydrogen-bond donors (Lipinski definition) is 1. The predicted octanol–water partition coefficient (Wildman–Crippen LogP) is 4.49. The summed E-state index contributed by atoms with van der Waals surface area (Å²) < 4.78 is 18.6. The summed E-state index contributed by atoms with van der Waals surface area (Å²) in [6.07, 6.45) is 0.589. The molecule has 5 rings (SSSR count). The summed E-state index contributed by atoms with van der Waals surface area (Å²) in [6, 6.07) is 21.0. The first kappa shape index (κ1) is 17.9. The van der Waals surface area contributed by atoms with Crippen LogP contribution in [0.15, 0.2) is 81.0 Å². The van der Waals surface area contributed by atoms with Crippen molar-refractivity contribution in [2.45, 2.75) is 12.5 Å². The van der Waals surface area contributed by atoms with Gasteiger partial charge < -0.3 is 4.42 Å². The average molecular weight is 398 g/mol. The molecule has 0 unspecified atom stereocenters. The summed E-state index contributed by atoms with van der Waals surface area (Å²) in [6.45, 7) is 0. The SMILES string of the molecule is N#Cc1ccc(N2N=C(c3ccc4[nH]c(=O)oc4c3)C[C@H]2c2ccc(F)cc2)cc1. The quantitative estimate of drug-likeness (QED) is 0.551. The van der Waals surface area contributed by atoms with Crippen LogP contribution in [-0.2, 0) is 0 Å². The molecule has 0 saturated heterocycles. The molecule has 0 radical (unpaired) electrons. The van der Waals surface area contributed by atoms with E-state index in [0.29, 0.717) is 23.1 Å². The topological polar surface area (TPSA) is 85.4 Å². The second-order valence-electron chi connectivity index (χ2n) is 7.05. The van der Waals surface area contributed by atoms with E-state index in [1.165, 1.54) is 12.1 Å². The van der Waals surface area contributed by atoms with Crippen LogP contribution >= 0.6 is 0 Å². The third kappa shape index (κ3) is 3.14. The standard InChI is InChI=1S/C23H15FN4O2/c24-17-6-3-15(4-7-17)21-12-20(16-5-10-19-22(11-16)30-23(29)26-19)27-28(21)18-8-1-14(13-25)2-9-18/h1-11,21H,12H2,(H,26,29)/t21-/m0/s1. The van der Waals surface area contributed by atoms with E-state index in [2.05, 4.69) is 11.1 Å². The van der Waals surface area contributed by atoms with Crippen molar-refractivity contribution in [1.82, 2.24) is 4.98 Å². The van der Waals surface area contributed by atoms with E-state index in [1.807, 2.05) is 23.2 Å². The largest absolute Gasteiger partial charge is 0.417 e. The molecule has 7 heteroatoms. The van der Waals surface area contributed by atoms with Crippen molar-refractivity contribution in [3.8, 4) is 6.07 Å². The van der Waals surface area contributed by atoms with Crippen LogP contribution in [0.3, 0.4) is 0 Å². The summed E-state index contributed by atoms with van der Waals surface area (Å²) in [4.78, 5) is 14.1. The molecule has 1 aromatic heterocycles. The number of halogens is 1. The Kier molecular flexibility index (Phi) is 4.18. The fraction of sp³-hybridized carbons (Fsp3) is 0.0870. The van der Waals surface area contributed by atoms with Gasteiger partial charge in [0.2, 0.25) is 0 Å². The minimum Gasteiger partial charge on any atom is -0.408 e. The van der Waals surface area contributed by atoms with Crippen LogP contribution in [0.1, 0.15) is 29.2 Å². The Hall–Kier alpha value is -4.18. The van der Waals surface area contributed by atoms with Gasteiger partial charge in [0, 0.05) is 12.0 Å². The number of nitriles is 1. The molecule has 0 aliphatic carbocycles. The molecule has 2 heterocycles. The van der Waals surface area contributed by atoms with Crippen molar-refractivity contribution < 1.29 is 8.81 Å². The molecule has 0 saturated carbocycles. The highest BCUT2D eigenvalue weighted by Gasteiger charge is 2.30. The van der Waals surface area contributed by atoms with E-state index in [-0.39, 0.29) is 11.9 Å². The number of aromatic amines is 1. The summed E-state index contributed by atoms with van der Waals surface area (Å²) >= 11 is 0. The Morgan fingerprint density at radius 1 is 1.10 bits per heavy atom. The molecule has 1 aliphatic heterocycles. The van der Waals surface area contributed by atoms with Crippen LogP contribution < -0.4 is 10.8 Å². The fourth-order valence-electron chi connectivity index (χ4n) is 3.68. The van der Waals surface area contributed by atoms with E-state index >= 15 is 0 Å². The third-order valence-electron chi connectivity index (χ3n) is 5.18. The fourth-order valence-corrected chi connectivity index (χ4v) is 3.68. The molecular formula is C23H15FN4O2. The van der Waals surface area contributed by atoms with Crippen LogP contribution in [0.5, 0.6) is 0 Å². The predicted molar refractivity (Wildman–Crippen MR) is 111 cm³/mol. The number of fused-ring (bicyclic) bond motifs is 1. The van der Waals surface area contributed by atoms with Gasteiger partial charge in [0.15, 0.2) is 5.58 Å². The second kappa shape index (κ2) is 7.01. The van der Waals surface area contributed by atoms with E-state index in [4.69, 9.17) is 14.8 Å². The average Bonchev–Trinajstić information content (AvgIpc) is 3.37. The summed E-state index contributed by atoms with van der Waals surface area (Å²) in [5.74, 6) is -0.797. The highest BCUT2D eigenvalue weighted by Crippen LogP contribution is 2.37. The molecule has 1 aliphatic rings. The van der Waals surface area contributed by atoms with Crippen LogP contribution in [-0.4, -0.2) is 10.7 Å². The lowest BCUT2D eigenvalue weighted by molar-refractivity contribution is 0.555. The zero-order chi connectivity index (χ0) is 20.7. The lowest BCUT2D eigenvalue weighted by atomic mass is 9.98. The minimum absolute atomic E-state index is 0.137. The zero-order valence-corrected chi connectivity index (χ0v) is 15.7. The summed E-state index contributed by atoms with van der Waals surface area (Å²) in [5, 5.41) is 15.8. The van der Waals surface area contributed by atoms with E-state index < -0.39 is 5.76 Å². The van der Waals surface area contributed by atoms with Crippen LogP contribution in [0.25, 0.3) is 11.1 Å². The molecule has 0 amide bonds. The molecule has 0 spiro atoms. The first-order valence-electron chi connectivity index (χ1n) is 9.36. The lowest BCUT2D eigenvalue weighted by Gasteiger charge is -2.24. The van der Waals surface area contributed by atoms with Gasteiger partial charge in [-0.25, -0.2) is 9.18 Å². The van der Waals surface area contributed by atoms with Crippen molar-refractivity contribution in [2.24, 2.45) is 5.10 Å². The highest BCUT2D eigenvalue weighted by molar-refractivity contribution is 6.05. The van der Waals surface area contributed by atoms with Crippen molar-refractivity contribution in [3.63, 3.8) is 0 Å². The highest BCUT2D eigenvalue weighted by atomic mass is 19.1. The summed E-state index contributed by atoms with van der Waals surface area (Å²) in [7, 11) is 0. The van der Waals surface area contributed by atoms with Gasteiger partial charge in [0.05, 0.1) is 34.6 Å². The first-order chi connectivity index (χ1) is 14.6. The van der Waals surface area contributed by atoms with Gasteiger partial charge in [0.25, 0.3) is 0 Å². The Morgan fingerprint density at radius 3 is 2.60 bits per heavy atom. The zero-order valence-electron chi connectivity index (χ0n) is 15.7. The Balaban J connectivity index is 1.57. The second-order valence-corrected chi connectivity index (χ2v) is 7.05. The number of benzene rings is 3. The van der Waals surface area contributed by atoms with Crippen LogP contribution in [0, 0.1) is 17.1 Å². The van der Waals surface area contributed by atoms with Gasteiger partial charge in [-0.3, -0.25) is 9.99 Å². The smallest absolute Gasteiger partial charge is 0.408 e. The van der Waals surface area contributed by atoms with Gasteiger partial charge in [-0.05, 0) is 54.1 Å². The number of H-pyrrole nitrogens is 1. The molecule has 146 valence electrons. The van der Waals surface area contributed by atoms with Crippen molar-refractivity contribution in [2.75, 3.05) is 5.01 Å². The molecule has 30 heavy (non-hydrogen) atoms. The molecule has 4 aromatic rings. The maximum atomic E-state index is 13.5. The monoisotopic (exact) mass is 398 g/mol. The molecule has 0 fully saturated rings. The minimum atomic E-state index is -0.501. The Morgan fingerprint density at radius 2 is 1.87 bits per heavy atom. The number of nitrogens with one attached hydrogen (secondary N) is 1. The van der Waals surface area contributed by atoms with Crippen molar-refractivity contribution in [1.29, 1.82) is 5.26 Å². The Labute approximate surface area is 170 Å². The molecule has 6 nitrogen and oxygen atoms in total. The maximum absolute atomic E-state index is 13.5.